The van der Waals surface area contributed by atoms with Gasteiger partial charge < -0.3 is 0 Å². The van der Waals surface area contributed by atoms with E-state index in [2.05, 4.69) is 11.2 Å². The molecular formula is C13H11N3O. The summed E-state index contributed by atoms with van der Waals surface area (Å²) in [5.41, 5.74) is 2.26. The number of carbonyl (C=O) groups excluding carboxylic acids is 1. The van der Waals surface area contributed by atoms with Crippen LogP contribution in [0.4, 0.5) is 0 Å². The number of aldehydes is 1. The number of carbonyl (C=O) groups is 1. The molecule has 17 heavy (non-hydrogen) atoms. The quantitative estimate of drug-likeness (QED) is 0.750. The lowest BCUT2D eigenvalue weighted by Crippen LogP contribution is -2.02. The van der Waals surface area contributed by atoms with Crippen molar-refractivity contribution < 1.29 is 4.79 Å². The molecule has 2 rings (SSSR count). The molecule has 0 aliphatic heterocycles. The summed E-state index contributed by atoms with van der Waals surface area (Å²) in [6.45, 7) is 0.495. The molecule has 0 saturated carbocycles. The van der Waals surface area contributed by atoms with Crippen LogP contribution in [0.5, 0.6) is 0 Å². The van der Waals surface area contributed by atoms with E-state index in [1.54, 1.807) is 4.68 Å². The molecular weight excluding hydrogens is 214 g/mol. The van der Waals surface area contributed by atoms with Gasteiger partial charge in [-0.25, -0.2) is 0 Å². The third-order valence-electron chi connectivity index (χ3n) is 2.48. The van der Waals surface area contributed by atoms with Crippen LogP contribution in [0.1, 0.15) is 16.8 Å². The topological polar surface area (TPSA) is 58.7 Å². The maximum atomic E-state index is 11.0. The van der Waals surface area contributed by atoms with Crippen molar-refractivity contribution in [3.05, 3.63) is 42.1 Å². The highest BCUT2D eigenvalue weighted by Gasteiger charge is 2.11. The number of aryl methyl sites for hydroxylation is 1. The fourth-order valence-electron chi connectivity index (χ4n) is 1.72. The van der Waals surface area contributed by atoms with Gasteiger partial charge in [0.15, 0.2) is 6.29 Å². The van der Waals surface area contributed by atoms with Crippen LogP contribution >= 0.6 is 0 Å². The molecule has 1 aromatic carbocycles. The number of hydrogen-bond donors (Lipinski definition) is 0. The zero-order valence-corrected chi connectivity index (χ0v) is 9.21. The van der Waals surface area contributed by atoms with Gasteiger partial charge >= 0.3 is 0 Å². The van der Waals surface area contributed by atoms with Crippen LogP contribution in [0.3, 0.4) is 0 Å². The molecule has 0 fully saturated rings. The van der Waals surface area contributed by atoms with Crippen molar-refractivity contribution in [3.63, 3.8) is 0 Å². The summed E-state index contributed by atoms with van der Waals surface area (Å²) < 4.78 is 1.70. The number of benzene rings is 1. The molecule has 0 amide bonds. The zero-order valence-electron chi connectivity index (χ0n) is 9.21. The fraction of sp³-hybridized carbons (Fsp3) is 0.154. The summed E-state index contributed by atoms with van der Waals surface area (Å²) in [5, 5.41) is 12.7. The molecule has 0 radical (unpaired) electrons. The smallest absolute Gasteiger partial charge is 0.153 e. The molecule has 0 N–H and O–H groups in total. The fourth-order valence-corrected chi connectivity index (χ4v) is 1.72. The summed E-state index contributed by atoms with van der Waals surface area (Å²) in [7, 11) is 0. The van der Waals surface area contributed by atoms with Gasteiger partial charge in [-0.1, -0.05) is 30.3 Å². The Balaban J connectivity index is 2.46. The standard InChI is InChI=1S/C13H11N3O/c14-7-4-8-16-13(12(10-17)9-15-16)11-5-2-1-3-6-11/h1-3,5-6,9-10H,4,8H2. The van der Waals surface area contributed by atoms with Crippen molar-refractivity contribution >= 4 is 6.29 Å². The zero-order chi connectivity index (χ0) is 12.1. The van der Waals surface area contributed by atoms with Crippen LogP contribution in [0, 0.1) is 11.3 Å². The average molecular weight is 225 g/mol. The second-order valence-electron chi connectivity index (χ2n) is 3.56. The van der Waals surface area contributed by atoms with Gasteiger partial charge in [-0.2, -0.15) is 10.4 Å². The number of nitriles is 1. The Bertz CT molecular complexity index is 552. The van der Waals surface area contributed by atoms with Crippen molar-refractivity contribution in [2.45, 2.75) is 13.0 Å². The van der Waals surface area contributed by atoms with Gasteiger partial charge in [0.25, 0.3) is 0 Å². The number of hydrogen-bond acceptors (Lipinski definition) is 3. The van der Waals surface area contributed by atoms with Crippen molar-refractivity contribution in [2.75, 3.05) is 0 Å². The highest BCUT2D eigenvalue weighted by Crippen LogP contribution is 2.22. The van der Waals surface area contributed by atoms with E-state index in [0.29, 0.717) is 18.5 Å². The van der Waals surface area contributed by atoms with Crippen molar-refractivity contribution in [2.24, 2.45) is 0 Å². The summed E-state index contributed by atoms with van der Waals surface area (Å²) in [6.07, 6.45) is 2.70. The molecule has 0 bridgehead atoms. The first kappa shape index (κ1) is 11.1. The first-order valence-electron chi connectivity index (χ1n) is 5.30. The molecule has 4 heteroatoms. The van der Waals surface area contributed by atoms with Crippen molar-refractivity contribution in [3.8, 4) is 17.3 Å². The van der Waals surface area contributed by atoms with E-state index < -0.39 is 0 Å². The van der Waals surface area contributed by atoms with Crippen LogP contribution in [-0.4, -0.2) is 16.1 Å². The molecule has 1 aromatic heterocycles. The molecule has 4 nitrogen and oxygen atoms in total. The number of aromatic nitrogens is 2. The predicted octanol–water partition coefficient (Wildman–Crippen LogP) is 2.28. The van der Waals surface area contributed by atoms with Gasteiger partial charge in [0.05, 0.1) is 36.5 Å². The van der Waals surface area contributed by atoms with E-state index in [0.717, 1.165) is 17.5 Å². The highest BCUT2D eigenvalue weighted by atomic mass is 16.1. The van der Waals surface area contributed by atoms with E-state index in [1.165, 1.54) is 6.20 Å². The third kappa shape index (κ3) is 2.23. The molecule has 0 unspecified atom stereocenters. The van der Waals surface area contributed by atoms with Crippen LogP contribution in [0.15, 0.2) is 36.5 Å². The van der Waals surface area contributed by atoms with E-state index in [4.69, 9.17) is 5.26 Å². The van der Waals surface area contributed by atoms with Gasteiger partial charge in [-0.15, -0.1) is 0 Å². The largest absolute Gasteiger partial charge is 0.298 e. The van der Waals surface area contributed by atoms with Gasteiger partial charge in [-0.05, 0) is 0 Å². The Hall–Kier alpha value is -2.41. The maximum Gasteiger partial charge on any atom is 0.153 e. The second kappa shape index (κ2) is 5.08. The van der Waals surface area contributed by atoms with Crippen LogP contribution in [0.2, 0.25) is 0 Å². The normalized spacial score (nSPS) is 9.82. The first-order chi connectivity index (χ1) is 8.36. The van der Waals surface area contributed by atoms with Gasteiger partial charge in [0.1, 0.15) is 0 Å². The monoisotopic (exact) mass is 225 g/mol. The van der Waals surface area contributed by atoms with E-state index >= 15 is 0 Å². The molecule has 2 aromatic rings. The summed E-state index contributed by atoms with van der Waals surface area (Å²) >= 11 is 0. The molecule has 84 valence electrons. The van der Waals surface area contributed by atoms with Crippen molar-refractivity contribution in [1.82, 2.24) is 9.78 Å². The van der Waals surface area contributed by atoms with Crippen LogP contribution in [0.25, 0.3) is 11.3 Å². The van der Waals surface area contributed by atoms with Crippen LogP contribution < -0.4 is 0 Å². The lowest BCUT2D eigenvalue weighted by Gasteiger charge is -2.06. The molecule has 0 saturated heterocycles. The minimum atomic E-state index is 0.375. The Kier molecular flexibility index (Phi) is 3.31. The maximum absolute atomic E-state index is 11.0. The minimum absolute atomic E-state index is 0.375. The molecule has 0 spiro atoms. The minimum Gasteiger partial charge on any atom is -0.298 e. The molecule has 0 atom stereocenters. The highest BCUT2D eigenvalue weighted by molar-refractivity contribution is 5.85. The summed E-state index contributed by atoms with van der Waals surface area (Å²) in [5.74, 6) is 0. The Labute approximate surface area is 99.1 Å². The Morgan fingerprint density at radius 2 is 2.12 bits per heavy atom. The van der Waals surface area contributed by atoms with Crippen LogP contribution in [-0.2, 0) is 6.54 Å². The number of nitrogens with zero attached hydrogens (tertiary/aromatic N) is 3. The summed E-state index contributed by atoms with van der Waals surface area (Å²) in [6, 6.07) is 11.7. The van der Waals surface area contributed by atoms with Crippen molar-refractivity contribution in [1.29, 1.82) is 5.26 Å². The second-order valence-corrected chi connectivity index (χ2v) is 3.56. The first-order valence-corrected chi connectivity index (χ1v) is 5.30. The summed E-state index contributed by atoms with van der Waals surface area (Å²) in [4.78, 5) is 11.0. The predicted molar refractivity (Wildman–Crippen MR) is 63.3 cm³/mol. The molecule has 1 heterocycles. The Morgan fingerprint density at radius 3 is 2.76 bits per heavy atom. The van der Waals surface area contributed by atoms with Gasteiger partial charge in [0.2, 0.25) is 0 Å². The lowest BCUT2D eigenvalue weighted by atomic mass is 10.1. The number of rotatable bonds is 4. The molecule has 0 aliphatic carbocycles. The van der Waals surface area contributed by atoms with Gasteiger partial charge in [0, 0.05) is 5.56 Å². The van der Waals surface area contributed by atoms with E-state index in [9.17, 15) is 4.79 Å². The van der Waals surface area contributed by atoms with Gasteiger partial charge in [-0.3, -0.25) is 9.48 Å². The SMILES string of the molecule is N#CCCn1ncc(C=O)c1-c1ccccc1. The third-order valence-corrected chi connectivity index (χ3v) is 2.48. The molecule has 0 aliphatic rings. The van der Waals surface area contributed by atoms with E-state index in [-0.39, 0.29) is 0 Å². The lowest BCUT2D eigenvalue weighted by molar-refractivity contribution is 0.112. The van der Waals surface area contributed by atoms with E-state index in [1.807, 2.05) is 30.3 Å². The average Bonchev–Trinajstić information content (AvgIpc) is 2.80. The Morgan fingerprint density at radius 1 is 1.35 bits per heavy atom.